The fourth-order valence-corrected chi connectivity index (χ4v) is 11.4. The van der Waals surface area contributed by atoms with Crippen molar-refractivity contribution in [2.45, 2.75) is 124 Å². The zero-order chi connectivity index (χ0) is 52.5. The molecule has 1 saturated heterocycles. The number of nitrogens with zero attached hydrogens (tertiary/aromatic N) is 6. The van der Waals surface area contributed by atoms with Crippen LogP contribution < -0.4 is 20.7 Å². The average molecular weight is 1050 g/mol. The molecule has 384 valence electrons. The Morgan fingerprint density at radius 3 is 2.34 bits per heavy atom. The SMILES string of the molecule is Cc1ncsc1-c1ccc([C@H](C)NC(=O)[C@@H]2C[C@@H](O)CN2C(=O)[C@@H](NC(=O)CCc2cc(F)cc(OC(C)CNC(=O)CC3N=C(c4ccc(Cl)cc4)c4c(sc(C)c4C)-n4c(C)nnc43)c2)C(C)(C)C)cc1. The maximum absolute atomic E-state index is 15.1. The van der Waals surface area contributed by atoms with Gasteiger partial charge in [0, 0.05) is 46.5 Å². The van der Waals surface area contributed by atoms with Crippen molar-refractivity contribution in [3.8, 4) is 21.2 Å². The van der Waals surface area contributed by atoms with Gasteiger partial charge in [-0.1, -0.05) is 68.8 Å². The van der Waals surface area contributed by atoms with Gasteiger partial charge in [-0.2, -0.15) is 0 Å². The molecule has 73 heavy (non-hydrogen) atoms. The summed E-state index contributed by atoms with van der Waals surface area (Å²) in [6.45, 7) is 17.1. The molecule has 0 radical (unpaired) electrons. The Morgan fingerprint density at radius 2 is 1.66 bits per heavy atom. The van der Waals surface area contributed by atoms with Gasteiger partial charge in [0.1, 0.15) is 46.6 Å². The number of fused-ring (bicyclic) bond motifs is 3. The highest BCUT2D eigenvalue weighted by Gasteiger charge is 2.45. The number of halogens is 2. The van der Waals surface area contributed by atoms with Crippen LogP contribution in [-0.4, -0.2) is 96.5 Å². The minimum Gasteiger partial charge on any atom is -0.489 e. The summed E-state index contributed by atoms with van der Waals surface area (Å²) in [4.78, 5) is 68.4. The fourth-order valence-electron chi connectivity index (χ4n) is 9.25. The molecule has 0 saturated carbocycles. The van der Waals surface area contributed by atoms with Crippen LogP contribution >= 0.6 is 34.3 Å². The van der Waals surface area contributed by atoms with Gasteiger partial charge in [-0.05, 0) is 99.9 Å². The minimum absolute atomic E-state index is 0.0250. The number of aryl methyl sites for hydroxylation is 4. The van der Waals surface area contributed by atoms with Crippen molar-refractivity contribution in [1.29, 1.82) is 0 Å². The predicted octanol–water partition coefficient (Wildman–Crippen LogP) is 8.65. The maximum Gasteiger partial charge on any atom is 0.246 e. The van der Waals surface area contributed by atoms with Gasteiger partial charge in [0.15, 0.2) is 5.82 Å². The van der Waals surface area contributed by atoms with Crippen LogP contribution in [0, 0.1) is 38.9 Å². The van der Waals surface area contributed by atoms with Gasteiger partial charge in [-0.15, -0.1) is 32.9 Å². The summed E-state index contributed by atoms with van der Waals surface area (Å²) >= 11 is 9.45. The number of carbonyl (C=O) groups is 4. The Morgan fingerprint density at radius 1 is 0.945 bits per heavy atom. The molecule has 2 unspecified atom stereocenters. The predicted molar refractivity (Wildman–Crippen MR) is 282 cm³/mol. The van der Waals surface area contributed by atoms with Crippen molar-refractivity contribution < 1.29 is 33.4 Å². The van der Waals surface area contributed by atoms with Crippen LogP contribution in [0.25, 0.3) is 15.4 Å². The second-order valence-electron chi connectivity index (χ2n) is 20.0. The second kappa shape index (κ2) is 22.0. The summed E-state index contributed by atoms with van der Waals surface area (Å²) in [5, 5.41) is 30.0. The first-order valence-electron chi connectivity index (χ1n) is 24.3. The lowest BCUT2D eigenvalue weighted by Gasteiger charge is -2.35. The van der Waals surface area contributed by atoms with Gasteiger partial charge >= 0.3 is 0 Å². The lowest BCUT2D eigenvalue weighted by atomic mass is 9.85. The summed E-state index contributed by atoms with van der Waals surface area (Å²) in [7, 11) is 0. The third-order valence-corrected chi connectivity index (χ3v) is 15.7. The fraction of sp³-hybridized carbons (Fsp3) is 0.407. The molecule has 19 heteroatoms. The summed E-state index contributed by atoms with van der Waals surface area (Å²) in [5.74, 6) is -0.749. The van der Waals surface area contributed by atoms with Crippen LogP contribution in [0.15, 0.2) is 77.2 Å². The van der Waals surface area contributed by atoms with E-state index >= 15 is 4.39 Å². The van der Waals surface area contributed by atoms with Crippen LogP contribution in [0.2, 0.25) is 5.02 Å². The molecule has 1 fully saturated rings. The minimum atomic E-state index is -1.03. The number of thiophene rings is 1. The smallest absolute Gasteiger partial charge is 0.246 e. The van der Waals surface area contributed by atoms with Crippen LogP contribution in [0.3, 0.4) is 0 Å². The number of benzene rings is 3. The van der Waals surface area contributed by atoms with E-state index in [9.17, 15) is 24.3 Å². The van der Waals surface area contributed by atoms with Crippen molar-refractivity contribution in [2.24, 2.45) is 10.4 Å². The number of aromatic nitrogens is 4. The molecule has 3 aromatic heterocycles. The van der Waals surface area contributed by atoms with E-state index in [0.29, 0.717) is 22.2 Å². The topological polar surface area (TPSA) is 193 Å². The number of nitrogens with one attached hydrogen (secondary N) is 3. The number of hydrogen-bond donors (Lipinski definition) is 4. The van der Waals surface area contributed by atoms with Gasteiger partial charge < -0.3 is 30.7 Å². The standard InChI is InChI=1S/C54H61ClFN9O6S2/c1-28(25-57-45(68)24-42-50-63-62-33(6)65(50)53-46(29(2)32(5)73-53)47(60-42)36-15-17-38(55)18-16-36)71-41-21-34(20-39(56)22-41)10-19-44(67)61-49(54(7,8)9)52(70)64-26-40(66)23-43(64)51(69)59-30(3)35-11-13-37(14-12-35)48-31(4)58-27-72-48/h11-18,20-22,27-28,30,40,42-43,49,66H,10,19,23-26H2,1-9H3,(H,57,68)(H,59,69)(H,61,67)/t28?,30-,40+,42?,43-,49+/m0/s1. The van der Waals surface area contributed by atoms with Gasteiger partial charge in [0.25, 0.3) is 0 Å². The van der Waals surface area contributed by atoms with E-state index in [0.717, 1.165) is 54.0 Å². The molecule has 2 aliphatic heterocycles. The summed E-state index contributed by atoms with van der Waals surface area (Å²) in [5.41, 5.74) is 8.01. The highest BCUT2D eigenvalue weighted by Crippen LogP contribution is 2.40. The van der Waals surface area contributed by atoms with Crippen LogP contribution in [0.4, 0.5) is 4.39 Å². The first-order valence-corrected chi connectivity index (χ1v) is 26.4. The Bertz CT molecular complexity index is 3060. The molecule has 5 heterocycles. The quantitative estimate of drug-likeness (QED) is 0.0735. The van der Waals surface area contributed by atoms with Gasteiger partial charge in [0.05, 0.1) is 46.9 Å². The van der Waals surface area contributed by atoms with Crippen molar-refractivity contribution in [1.82, 2.24) is 40.6 Å². The molecule has 15 nitrogen and oxygen atoms in total. The van der Waals surface area contributed by atoms with Crippen LogP contribution in [-0.2, 0) is 25.6 Å². The molecule has 6 atom stereocenters. The number of hydrogen-bond acceptors (Lipinski definition) is 12. The number of thiazole rings is 1. The molecule has 6 aromatic rings. The van der Waals surface area contributed by atoms with Crippen molar-refractivity contribution in [3.63, 3.8) is 0 Å². The zero-order valence-electron chi connectivity index (χ0n) is 42.4. The highest BCUT2D eigenvalue weighted by molar-refractivity contribution is 7.15. The normalized spacial score (nSPS) is 17.7. The van der Waals surface area contributed by atoms with Crippen LogP contribution in [0.5, 0.6) is 5.75 Å². The second-order valence-corrected chi connectivity index (χ2v) is 22.5. The first-order chi connectivity index (χ1) is 34.6. The van der Waals surface area contributed by atoms with Crippen molar-refractivity contribution in [2.75, 3.05) is 13.1 Å². The molecular formula is C54H61ClFN9O6S2. The number of rotatable bonds is 16. The number of aliphatic hydroxyl groups is 1. The lowest BCUT2D eigenvalue weighted by Crippen LogP contribution is -2.57. The molecule has 2 aliphatic rings. The number of carbonyl (C=O) groups excluding carboxylic acids is 4. The van der Waals surface area contributed by atoms with E-state index in [1.807, 2.05) is 94.6 Å². The average Bonchev–Trinajstić information content (AvgIpc) is 4.11. The Balaban J connectivity index is 0.862. The first kappa shape index (κ1) is 53.0. The number of β-amino-alcohol motifs (C(OH)–C–C–N with tert-alkyl or cyclic N) is 1. The molecule has 0 aliphatic carbocycles. The van der Waals surface area contributed by atoms with Gasteiger partial charge in [-0.25, -0.2) is 9.37 Å². The molecule has 0 spiro atoms. The van der Waals surface area contributed by atoms with Gasteiger partial charge in [0.2, 0.25) is 23.6 Å². The van der Waals surface area contributed by atoms with Crippen molar-refractivity contribution in [3.05, 3.63) is 133 Å². The number of likely N-dealkylation sites (tertiary alicyclic amines) is 1. The summed E-state index contributed by atoms with van der Waals surface area (Å²) in [6.07, 6.45) is -1.43. The number of amides is 4. The number of aliphatic imine (C=N–C) groups is 1. The number of ether oxygens (including phenoxy) is 1. The Hall–Kier alpha value is -6.34. The molecule has 3 aromatic carbocycles. The third-order valence-electron chi connectivity index (χ3n) is 13.3. The zero-order valence-corrected chi connectivity index (χ0v) is 44.8. The summed E-state index contributed by atoms with van der Waals surface area (Å²) in [6, 6.07) is 16.5. The maximum atomic E-state index is 15.1. The monoisotopic (exact) mass is 1050 g/mol. The summed E-state index contributed by atoms with van der Waals surface area (Å²) < 4.78 is 23.1. The van der Waals surface area contributed by atoms with E-state index in [-0.39, 0.29) is 56.5 Å². The molecule has 4 amide bonds. The molecular weight excluding hydrogens is 989 g/mol. The lowest BCUT2D eigenvalue weighted by molar-refractivity contribution is -0.144. The number of aliphatic hydroxyl groups excluding tert-OH is 1. The van der Waals surface area contributed by atoms with E-state index in [2.05, 4.69) is 45.0 Å². The highest BCUT2D eigenvalue weighted by atomic mass is 35.5. The molecule has 8 rings (SSSR count). The van der Waals surface area contributed by atoms with Crippen LogP contribution in [0.1, 0.15) is 116 Å². The van der Waals surface area contributed by atoms with Gasteiger partial charge in [-0.3, -0.25) is 28.7 Å². The van der Waals surface area contributed by atoms with Crippen molar-refractivity contribution >= 4 is 63.6 Å². The Labute approximate surface area is 437 Å². The molecule has 4 N–H and O–H groups in total. The Kier molecular flexibility index (Phi) is 16.0. The van der Waals surface area contributed by atoms with E-state index in [1.54, 1.807) is 41.2 Å². The molecule has 0 bridgehead atoms. The van der Waals surface area contributed by atoms with E-state index in [1.165, 1.54) is 17.0 Å². The largest absolute Gasteiger partial charge is 0.489 e. The van der Waals surface area contributed by atoms with E-state index in [4.69, 9.17) is 21.3 Å². The third kappa shape index (κ3) is 12.0. The van der Waals surface area contributed by atoms with E-state index < -0.39 is 59.3 Å².